The first-order chi connectivity index (χ1) is 12.1. The Morgan fingerprint density at radius 1 is 1.32 bits per heavy atom. The van der Waals surface area contributed by atoms with Crippen LogP contribution in [0.3, 0.4) is 0 Å². The molecule has 0 saturated carbocycles. The summed E-state index contributed by atoms with van der Waals surface area (Å²) in [6.45, 7) is 1.83. The molecule has 0 saturated heterocycles. The third-order valence-corrected chi connectivity index (χ3v) is 3.96. The van der Waals surface area contributed by atoms with E-state index in [1.54, 1.807) is 25.3 Å². The quantitative estimate of drug-likeness (QED) is 0.719. The standard InChI is InChI=1S/C18H18FN3O3/c1-11(17(24-2)12-3-5-14(19)6-4-12)21-18(23)15-9-20-22-16(15)13-7-8-25-10-13/h3-11,17H,1-2H3,(H,20,22)(H,21,23)/t11-,17+/m0/s1. The predicted octanol–water partition coefficient (Wildman–Crippen LogP) is 3.31. The van der Waals surface area contributed by atoms with Gasteiger partial charge < -0.3 is 14.5 Å². The zero-order valence-electron chi connectivity index (χ0n) is 13.8. The van der Waals surface area contributed by atoms with Crippen molar-refractivity contribution >= 4 is 5.91 Å². The van der Waals surface area contributed by atoms with Gasteiger partial charge in [-0.1, -0.05) is 12.1 Å². The molecule has 2 N–H and O–H groups in total. The first-order valence-corrected chi connectivity index (χ1v) is 7.75. The summed E-state index contributed by atoms with van der Waals surface area (Å²) in [5, 5.41) is 9.64. The maximum atomic E-state index is 13.1. The fraction of sp³-hybridized carbons (Fsp3) is 0.222. The van der Waals surface area contributed by atoms with Crippen molar-refractivity contribution in [2.24, 2.45) is 0 Å². The summed E-state index contributed by atoms with van der Waals surface area (Å²) in [5.74, 6) is -0.611. The van der Waals surface area contributed by atoms with Gasteiger partial charge in [-0.3, -0.25) is 9.89 Å². The van der Waals surface area contributed by atoms with E-state index in [1.807, 2.05) is 6.92 Å². The molecule has 0 fully saturated rings. The van der Waals surface area contributed by atoms with Gasteiger partial charge in [0.15, 0.2) is 0 Å². The van der Waals surface area contributed by atoms with Gasteiger partial charge >= 0.3 is 0 Å². The highest BCUT2D eigenvalue weighted by Crippen LogP contribution is 2.24. The van der Waals surface area contributed by atoms with Crippen LogP contribution in [0.5, 0.6) is 0 Å². The van der Waals surface area contributed by atoms with Crippen LogP contribution in [0.25, 0.3) is 11.3 Å². The minimum Gasteiger partial charge on any atom is -0.472 e. The Morgan fingerprint density at radius 3 is 2.72 bits per heavy atom. The molecule has 2 heterocycles. The number of nitrogens with one attached hydrogen (secondary N) is 2. The molecule has 1 aromatic carbocycles. The first kappa shape index (κ1) is 16.9. The number of aromatic nitrogens is 2. The van der Waals surface area contributed by atoms with Gasteiger partial charge in [-0.15, -0.1) is 0 Å². The number of methoxy groups -OCH3 is 1. The molecule has 0 aliphatic heterocycles. The molecule has 6 nitrogen and oxygen atoms in total. The van der Waals surface area contributed by atoms with Crippen LogP contribution in [0.4, 0.5) is 4.39 Å². The summed E-state index contributed by atoms with van der Waals surface area (Å²) >= 11 is 0. The zero-order valence-corrected chi connectivity index (χ0v) is 13.8. The fourth-order valence-corrected chi connectivity index (χ4v) is 2.73. The number of ether oxygens (including phenoxy) is 1. The van der Waals surface area contributed by atoms with Gasteiger partial charge in [-0.2, -0.15) is 5.10 Å². The number of H-pyrrole nitrogens is 1. The molecule has 7 heteroatoms. The van der Waals surface area contributed by atoms with Gasteiger partial charge in [0, 0.05) is 12.7 Å². The minimum atomic E-state index is -0.408. The lowest BCUT2D eigenvalue weighted by atomic mass is 10.0. The Balaban J connectivity index is 1.76. The SMILES string of the molecule is CO[C@@H](c1ccc(F)cc1)[C@H](C)NC(=O)c1cn[nH]c1-c1ccoc1. The maximum Gasteiger partial charge on any atom is 0.255 e. The van der Waals surface area contributed by atoms with Crippen LogP contribution in [0.15, 0.2) is 53.5 Å². The van der Waals surface area contributed by atoms with Crippen molar-refractivity contribution in [2.45, 2.75) is 19.1 Å². The highest BCUT2D eigenvalue weighted by Gasteiger charge is 2.23. The average Bonchev–Trinajstić information content (AvgIpc) is 3.28. The van der Waals surface area contributed by atoms with E-state index in [0.29, 0.717) is 11.3 Å². The Kier molecular flexibility index (Phi) is 4.95. The number of benzene rings is 1. The summed E-state index contributed by atoms with van der Waals surface area (Å²) < 4.78 is 23.6. The lowest BCUT2D eigenvalue weighted by molar-refractivity contribution is 0.0645. The number of carbonyl (C=O) groups is 1. The topological polar surface area (TPSA) is 80.1 Å². The number of carbonyl (C=O) groups excluding carboxylic acids is 1. The largest absolute Gasteiger partial charge is 0.472 e. The fourth-order valence-electron chi connectivity index (χ4n) is 2.73. The smallest absolute Gasteiger partial charge is 0.255 e. The lowest BCUT2D eigenvalue weighted by Gasteiger charge is -2.24. The van der Waals surface area contributed by atoms with Crippen molar-refractivity contribution in [1.29, 1.82) is 0 Å². The first-order valence-electron chi connectivity index (χ1n) is 7.75. The monoisotopic (exact) mass is 343 g/mol. The number of aromatic amines is 1. The summed E-state index contributed by atoms with van der Waals surface area (Å²) in [7, 11) is 1.55. The van der Waals surface area contributed by atoms with Crippen LogP contribution in [0.1, 0.15) is 28.9 Å². The number of hydrogen-bond acceptors (Lipinski definition) is 4. The summed E-state index contributed by atoms with van der Waals surface area (Å²) in [6.07, 6.45) is 4.11. The van der Waals surface area contributed by atoms with Crippen LogP contribution >= 0.6 is 0 Å². The molecule has 2 atom stereocenters. The highest BCUT2D eigenvalue weighted by molar-refractivity contribution is 5.99. The molecule has 0 aliphatic carbocycles. The van der Waals surface area contributed by atoms with Gasteiger partial charge in [0.25, 0.3) is 5.91 Å². The van der Waals surface area contributed by atoms with Crippen LogP contribution < -0.4 is 5.32 Å². The maximum absolute atomic E-state index is 13.1. The summed E-state index contributed by atoms with van der Waals surface area (Å²) in [6, 6.07) is 7.41. The Morgan fingerprint density at radius 2 is 2.08 bits per heavy atom. The van der Waals surface area contributed by atoms with E-state index in [0.717, 1.165) is 11.1 Å². The molecule has 0 spiro atoms. The number of furan rings is 1. The van der Waals surface area contributed by atoms with Gasteiger partial charge in [0.2, 0.25) is 0 Å². The number of halogens is 1. The minimum absolute atomic E-state index is 0.290. The molecule has 0 radical (unpaired) electrons. The second-order valence-corrected chi connectivity index (χ2v) is 5.64. The molecule has 2 aromatic heterocycles. The van der Waals surface area contributed by atoms with Crippen LogP contribution in [0, 0.1) is 5.82 Å². The van der Waals surface area contributed by atoms with Gasteiger partial charge in [-0.25, -0.2) is 4.39 Å². The van der Waals surface area contributed by atoms with Crippen molar-refractivity contribution in [2.75, 3.05) is 7.11 Å². The van der Waals surface area contributed by atoms with E-state index >= 15 is 0 Å². The third-order valence-electron chi connectivity index (χ3n) is 3.96. The summed E-state index contributed by atoms with van der Waals surface area (Å²) in [4.78, 5) is 12.6. The Bertz CT molecular complexity index is 828. The van der Waals surface area contributed by atoms with E-state index in [4.69, 9.17) is 9.15 Å². The van der Waals surface area contributed by atoms with E-state index in [9.17, 15) is 9.18 Å². The van der Waals surface area contributed by atoms with Crippen molar-refractivity contribution in [1.82, 2.24) is 15.5 Å². The molecule has 25 heavy (non-hydrogen) atoms. The van der Waals surface area contributed by atoms with Gasteiger partial charge in [0.05, 0.1) is 36.0 Å². The molecular formula is C18H18FN3O3. The van der Waals surface area contributed by atoms with E-state index < -0.39 is 6.10 Å². The van der Waals surface area contributed by atoms with Crippen molar-refractivity contribution in [3.05, 3.63) is 66.0 Å². The van der Waals surface area contributed by atoms with Gasteiger partial charge in [0.1, 0.15) is 11.9 Å². The number of amides is 1. The van der Waals surface area contributed by atoms with E-state index in [-0.39, 0.29) is 17.8 Å². The van der Waals surface area contributed by atoms with Crippen LogP contribution in [-0.4, -0.2) is 29.3 Å². The van der Waals surface area contributed by atoms with E-state index in [1.165, 1.54) is 30.9 Å². The number of rotatable bonds is 6. The molecule has 0 bridgehead atoms. The molecule has 130 valence electrons. The lowest BCUT2D eigenvalue weighted by Crippen LogP contribution is -2.37. The normalized spacial score (nSPS) is 13.4. The van der Waals surface area contributed by atoms with Crippen molar-refractivity contribution in [3.8, 4) is 11.3 Å². The number of nitrogens with zero attached hydrogens (tertiary/aromatic N) is 1. The molecular weight excluding hydrogens is 325 g/mol. The molecule has 0 unspecified atom stereocenters. The molecule has 1 amide bonds. The van der Waals surface area contributed by atoms with Gasteiger partial charge in [-0.05, 0) is 30.7 Å². The zero-order chi connectivity index (χ0) is 17.8. The number of hydrogen-bond donors (Lipinski definition) is 2. The molecule has 3 aromatic rings. The Hall–Kier alpha value is -2.93. The second kappa shape index (κ2) is 7.31. The molecule has 3 rings (SSSR count). The highest BCUT2D eigenvalue weighted by atomic mass is 19.1. The second-order valence-electron chi connectivity index (χ2n) is 5.64. The average molecular weight is 343 g/mol. The van der Waals surface area contributed by atoms with Crippen LogP contribution in [-0.2, 0) is 4.74 Å². The van der Waals surface area contributed by atoms with Crippen LogP contribution in [0.2, 0.25) is 0 Å². The summed E-state index contributed by atoms with van der Waals surface area (Å²) in [5.41, 5.74) is 2.49. The Labute approximate surface area is 144 Å². The predicted molar refractivity (Wildman–Crippen MR) is 89.4 cm³/mol. The van der Waals surface area contributed by atoms with Crippen molar-refractivity contribution in [3.63, 3.8) is 0 Å². The third kappa shape index (κ3) is 3.61. The van der Waals surface area contributed by atoms with Crippen molar-refractivity contribution < 1.29 is 18.3 Å². The molecule has 0 aliphatic rings. The van der Waals surface area contributed by atoms with E-state index in [2.05, 4.69) is 15.5 Å².